The van der Waals surface area contributed by atoms with Crippen molar-refractivity contribution in [1.82, 2.24) is 0 Å². The zero-order chi connectivity index (χ0) is 11.2. The first-order chi connectivity index (χ1) is 6.85. The summed E-state index contributed by atoms with van der Waals surface area (Å²) < 4.78 is 0. The Kier molecular flexibility index (Phi) is 17.2. The summed E-state index contributed by atoms with van der Waals surface area (Å²) in [6.45, 7) is 8.27. The van der Waals surface area contributed by atoms with E-state index in [0.717, 1.165) is 12.2 Å². The fraction of sp³-hybridized carbons (Fsp3) is 0.538. The van der Waals surface area contributed by atoms with Gasteiger partial charge in [0.25, 0.3) is 0 Å². The minimum atomic E-state index is 1.01. The topological polar surface area (TPSA) is 0 Å². The predicted octanol–water partition coefficient (Wildman–Crippen LogP) is 4.60. The number of aryl methyl sites for hydroxylation is 1. The molecule has 0 N–H and O–H groups in total. The van der Waals surface area contributed by atoms with Crippen molar-refractivity contribution in [2.45, 2.75) is 40.5 Å². The van der Waals surface area contributed by atoms with Gasteiger partial charge >= 0.3 is 0 Å². The summed E-state index contributed by atoms with van der Waals surface area (Å²) in [7, 11) is 0. The van der Waals surface area contributed by atoms with E-state index in [4.69, 9.17) is 0 Å². The van der Waals surface area contributed by atoms with Crippen molar-refractivity contribution in [3.05, 3.63) is 35.9 Å². The molecule has 0 aliphatic rings. The van der Waals surface area contributed by atoms with Crippen LogP contribution in [0.3, 0.4) is 0 Å². The van der Waals surface area contributed by atoms with Crippen LogP contribution in [0.15, 0.2) is 30.3 Å². The van der Waals surface area contributed by atoms with Gasteiger partial charge in [-0.1, -0.05) is 58.0 Å². The van der Waals surface area contributed by atoms with Crippen molar-refractivity contribution in [3.8, 4) is 0 Å². The van der Waals surface area contributed by atoms with Crippen LogP contribution in [0.5, 0.6) is 0 Å². The van der Waals surface area contributed by atoms with E-state index in [2.05, 4.69) is 50.7 Å². The number of thiol groups is 1. The minimum absolute atomic E-state index is 1.01. The average molecular weight is 212 g/mol. The SMILES string of the molecule is CC.CCCS.CCc1ccccc1. The van der Waals surface area contributed by atoms with Gasteiger partial charge in [0.15, 0.2) is 0 Å². The highest BCUT2D eigenvalue weighted by atomic mass is 32.1. The van der Waals surface area contributed by atoms with E-state index < -0.39 is 0 Å². The first-order valence-electron chi connectivity index (χ1n) is 5.49. The van der Waals surface area contributed by atoms with Crippen LogP contribution >= 0.6 is 12.6 Å². The molecule has 1 rings (SSSR count). The first-order valence-corrected chi connectivity index (χ1v) is 6.13. The summed E-state index contributed by atoms with van der Waals surface area (Å²) >= 11 is 3.92. The molecule has 1 heteroatoms. The van der Waals surface area contributed by atoms with Crippen LogP contribution in [-0.4, -0.2) is 5.75 Å². The van der Waals surface area contributed by atoms with E-state index in [1.165, 1.54) is 12.0 Å². The Hall–Kier alpha value is -0.430. The molecule has 0 fully saturated rings. The van der Waals surface area contributed by atoms with Crippen molar-refractivity contribution in [1.29, 1.82) is 0 Å². The predicted molar refractivity (Wildman–Crippen MR) is 71.3 cm³/mol. The monoisotopic (exact) mass is 212 g/mol. The maximum absolute atomic E-state index is 3.92. The summed E-state index contributed by atoms with van der Waals surface area (Å²) in [5.41, 5.74) is 1.41. The van der Waals surface area contributed by atoms with E-state index in [-0.39, 0.29) is 0 Å². The minimum Gasteiger partial charge on any atom is -0.179 e. The van der Waals surface area contributed by atoms with Gasteiger partial charge in [-0.2, -0.15) is 12.6 Å². The van der Waals surface area contributed by atoms with Gasteiger partial charge in [0.2, 0.25) is 0 Å². The lowest BCUT2D eigenvalue weighted by Crippen LogP contribution is -1.73. The second-order valence-corrected chi connectivity index (χ2v) is 3.01. The Labute approximate surface area is 95.2 Å². The Bertz CT molecular complexity index is 168. The van der Waals surface area contributed by atoms with E-state index in [0.29, 0.717) is 0 Å². The van der Waals surface area contributed by atoms with Crippen molar-refractivity contribution in [3.63, 3.8) is 0 Å². The number of rotatable bonds is 2. The molecule has 0 spiro atoms. The Morgan fingerprint density at radius 3 is 1.64 bits per heavy atom. The third-order valence-corrected chi connectivity index (χ3v) is 1.92. The molecule has 0 saturated carbocycles. The third kappa shape index (κ3) is 11.6. The summed E-state index contributed by atoms with van der Waals surface area (Å²) in [5.74, 6) is 1.01. The molecule has 0 amide bonds. The molecule has 1 aromatic rings. The smallest absolute Gasteiger partial charge is 0.0101 e. The first kappa shape index (κ1) is 16.0. The molecule has 0 nitrogen and oxygen atoms in total. The van der Waals surface area contributed by atoms with E-state index in [1.54, 1.807) is 0 Å². The normalized spacial score (nSPS) is 7.79. The lowest BCUT2D eigenvalue weighted by atomic mass is 10.2. The van der Waals surface area contributed by atoms with Crippen LogP contribution in [0, 0.1) is 0 Å². The molecule has 0 aromatic heterocycles. The van der Waals surface area contributed by atoms with E-state index in [9.17, 15) is 0 Å². The Morgan fingerprint density at radius 2 is 1.43 bits per heavy atom. The van der Waals surface area contributed by atoms with Crippen LogP contribution in [0.4, 0.5) is 0 Å². The largest absolute Gasteiger partial charge is 0.179 e. The Morgan fingerprint density at radius 1 is 1.00 bits per heavy atom. The maximum Gasteiger partial charge on any atom is -0.0101 e. The van der Waals surface area contributed by atoms with Gasteiger partial charge in [0.1, 0.15) is 0 Å². The van der Waals surface area contributed by atoms with Crippen molar-refractivity contribution in [2.24, 2.45) is 0 Å². The molecule has 82 valence electrons. The highest BCUT2D eigenvalue weighted by Crippen LogP contribution is 1.96. The second kappa shape index (κ2) is 15.1. The average Bonchev–Trinajstić information content (AvgIpc) is 2.33. The maximum atomic E-state index is 3.92. The standard InChI is InChI=1S/C8H10.C3H8S.C2H6/c1-2-8-6-4-3-5-7-8;1-2-3-4;1-2/h3-7H,2H2,1H3;4H,2-3H2,1H3;1-2H3. The quantitative estimate of drug-likeness (QED) is 0.680. The fourth-order valence-electron chi connectivity index (χ4n) is 0.714. The van der Waals surface area contributed by atoms with Gasteiger partial charge in [0, 0.05) is 0 Å². The molecule has 14 heavy (non-hydrogen) atoms. The number of hydrogen-bond donors (Lipinski definition) is 1. The van der Waals surface area contributed by atoms with Crippen LogP contribution in [0.1, 0.15) is 39.7 Å². The highest BCUT2D eigenvalue weighted by molar-refractivity contribution is 7.80. The molecule has 0 heterocycles. The lowest BCUT2D eigenvalue weighted by molar-refractivity contribution is 1.11. The van der Waals surface area contributed by atoms with E-state index in [1.807, 2.05) is 19.9 Å². The van der Waals surface area contributed by atoms with Crippen LogP contribution in [-0.2, 0) is 6.42 Å². The molecule has 0 atom stereocenters. The lowest BCUT2D eigenvalue weighted by Gasteiger charge is -1.89. The fourth-order valence-corrected chi connectivity index (χ4v) is 0.714. The van der Waals surface area contributed by atoms with Crippen LogP contribution in [0.2, 0.25) is 0 Å². The highest BCUT2D eigenvalue weighted by Gasteiger charge is 1.79. The second-order valence-electron chi connectivity index (χ2n) is 2.56. The summed E-state index contributed by atoms with van der Waals surface area (Å²) in [6.07, 6.45) is 2.32. The summed E-state index contributed by atoms with van der Waals surface area (Å²) in [4.78, 5) is 0. The Balaban J connectivity index is 0. The van der Waals surface area contributed by atoms with Crippen molar-refractivity contribution in [2.75, 3.05) is 5.75 Å². The van der Waals surface area contributed by atoms with Crippen LogP contribution < -0.4 is 0 Å². The molecule has 0 aliphatic carbocycles. The van der Waals surface area contributed by atoms with Gasteiger partial charge in [-0.05, 0) is 24.2 Å². The summed E-state index contributed by atoms with van der Waals surface area (Å²) in [6, 6.07) is 10.5. The van der Waals surface area contributed by atoms with Gasteiger partial charge in [-0.3, -0.25) is 0 Å². The summed E-state index contributed by atoms with van der Waals surface area (Å²) in [5, 5.41) is 0. The molecule has 1 aromatic carbocycles. The van der Waals surface area contributed by atoms with Crippen molar-refractivity contribution >= 4 is 12.6 Å². The van der Waals surface area contributed by atoms with Crippen LogP contribution in [0.25, 0.3) is 0 Å². The van der Waals surface area contributed by atoms with Crippen molar-refractivity contribution < 1.29 is 0 Å². The number of hydrogen-bond acceptors (Lipinski definition) is 1. The molecule has 0 bridgehead atoms. The molecule has 0 radical (unpaired) electrons. The zero-order valence-corrected chi connectivity index (χ0v) is 10.8. The van der Waals surface area contributed by atoms with Gasteiger partial charge < -0.3 is 0 Å². The van der Waals surface area contributed by atoms with E-state index >= 15 is 0 Å². The molecule has 0 saturated heterocycles. The molecule has 0 aliphatic heterocycles. The molecule has 0 unspecified atom stereocenters. The van der Waals surface area contributed by atoms with Gasteiger partial charge in [0.05, 0.1) is 0 Å². The molecular formula is C13H24S. The van der Waals surface area contributed by atoms with Gasteiger partial charge in [-0.25, -0.2) is 0 Å². The van der Waals surface area contributed by atoms with Gasteiger partial charge in [-0.15, -0.1) is 0 Å². The number of benzene rings is 1. The zero-order valence-electron chi connectivity index (χ0n) is 9.96. The molecular weight excluding hydrogens is 188 g/mol. The third-order valence-electron chi connectivity index (χ3n) is 1.47.